The molecule has 0 bridgehead atoms. The molecule has 1 atom stereocenters. The maximum atomic E-state index is 13.2. The number of carbonyl (C=O) groups is 2. The van der Waals surface area contributed by atoms with Crippen molar-refractivity contribution in [2.24, 2.45) is 0 Å². The summed E-state index contributed by atoms with van der Waals surface area (Å²) in [6, 6.07) is 16.6. The number of hydrogen-bond donors (Lipinski definition) is 0. The van der Waals surface area contributed by atoms with E-state index in [0.29, 0.717) is 12.1 Å². The number of para-hydroxylation sites is 1. The van der Waals surface area contributed by atoms with Crippen molar-refractivity contribution in [3.63, 3.8) is 0 Å². The second-order valence-electron chi connectivity index (χ2n) is 5.96. The quantitative estimate of drug-likeness (QED) is 0.437. The van der Waals surface area contributed by atoms with Crippen LogP contribution in [0.15, 0.2) is 65.2 Å². The lowest BCUT2D eigenvalue weighted by Gasteiger charge is -2.18. The fourth-order valence-electron chi connectivity index (χ4n) is 2.82. The maximum absolute atomic E-state index is 13.2. The Kier molecular flexibility index (Phi) is 6.12. The zero-order chi connectivity index (χ0) is 20.1. The van der Waals surface area contributed by atoms with Gasteiger partial charge in [-0.05, 0) is 43.2 Å². The molecule has 0 aromatic heterocycles. The number of anilines is 1. The molecule has 3 rings (SSSR count). The van der Waals surface area contributed by atoms with Crippen LogP contribution in [-0.2, 0) is 20.7 Å². The van der Waals surface area contributed by atoms with E-state index in [1.807, 2.05) is 12.1 Å². The van der Waals surface area contributed by atoms with Crippen molar-refractivity contribution < 1.29 is 18.7 Å². The van der Waals surface area contributed by atoms with E-state index in [1.165, 1.54) is 17.0 Å². The van der Waals surface area contributed by atoms with Crippen LogP contribution in [0.2, 0.25) is 0 Å². The zero-order valence-corrected chi connectivity index (χ0v) is 15.9. The van der Waals surface area contributed by atoms with Gasteiger partial charge in [0.2, 0.25) is 5.91 Å². The molecule has 28 heavy (non-hydrogen) atoms. The highest BCUT2D eigenvalue weighted by molar-refractivity contribution is 8.05. The van der Waals surface area contributed by atoms with E-state index in [0.717, 1.165) is 17.3 Å². The van der Waals surface area contributed by atoms with Gasteiger partial charge in [0, 0.05) is 5.69 Å². The number of halogens is 1. The van der Waals surface area contributed by atoms with Crippen molar-refractivity contribution in [3.05, 3.63) is 76.6 Å². The van der Waals surface area contributed by atoms with Gasteiger partial charge >= 0.3 is 5.97 Å². The lowest BCUT2D eigenvalue weighted by atomic mass is 10.1. The first-order valence-corrected chi connectivity index (χ1v) is 9.54. The molecule has 1 aliphatic heterocycles. The third kappa shape index (κ3) is 4.07. The minimum Gasteiger partial charge on any atom is -0.462 e. The molecule has 5 nitrogen and oxygen atoms in total. The molecule has 1 saturated heterocycles. The van der Waals surface area contributed by atoms with Crippen molar-refractivity contribution in [2.45, 2.75) is 18.6 Å². The highest BCUT2D eigenvalue weighted by Gasteiger charge is 2.41. The molecule has 0 aliphatic carbocycles. The van der Waals surface area contributed by atoms with E-state index in [2.05, 4.69) is 0 Å². The third-order valence-corrected chi connectivity index (χ3v) is 5.37. The highest BCUT2D eigenvalue weighted by atomic mass is 32.2. The molecule has 1 unspecified atom stereocenters. The van der Waals surface area contributed by atoms with E-state index in [9.17, 15) is 19.2 Å². The predicted molar refractivity (Wildman–Crippen MR) is 105 cm³/mol. The van der Waals surface area contributed by atoms with Crippen molar-refractivity contribution in [3.8, 4) is 6.07 Å². The number of amides is 1. The second-order valence-corrected chi connectivity index (χ2v) is 7.15. The van der Waals surface area contributed by atoms with E-state index in [1.54, 1.807) is 43.3 Å². The normalized spacial score (nSPS) is 18.0. The van der Waals surface area contributed by atoms with Crippen LogP contribution >= 0.6 is 11.8 Å². The summed E-state index contributed by atoms with van der Waals surface area (Å²) in [6.07, 6.45) is 0.345. The summed E-state index contributed by atoms with van der Waals surface area (Å²) in [5.74, 6) is -1.36. The third-order valence-electron chi connectivity index (χ3n) is 4.11. The summed E-state index contributed by atoms with van der Waals surface area (Å²) < 4.78 is 18.1. The fraction of sp³-hybridized carbons (Fsp3) is 0.190. The van der Waals surface area contributed by atoms with Crippen molar-refractivity contribution >= 4 is 29.3 Å². The standard InChI is InChI=1S/C21H17FN2O3S/c1-2-27-21(26)17(13-23)20-24(16-6-4-3-5-7-16)19(25)18(28-20)12-14-8-10-15(22)11-9-14/h3-11,18H,2,12H2,1H3/b20-17+. The van der Waals surface area contributed by atoms with Crippen LogP contribution in [0.1, 0.15) is 12.5 Å². The van der Waals surface area contributed by atoms with Crippen LogP contribution in [0, 0.1) is 17.1 Å². The molecule has 0 spiro atoms. The molecule has 7 heteroatoms. The van der Waals surface area contributed by atoms with Gasteiger partial charge in [-0.2, -0.15) is 5.26 Å². The van der Waals surface area contributed by atoms with Gasteiger partial charge in [-0.25, -0.2) is 9.18 Å². The molecular formula is C21H17FN2O3S. The van der Waals surface area contributed by atoms with Crippen LogP contribution in [-0.4, -0.2) is 23.7 Å². The number of nitriles is 1. The predicted octanol–water partition coefficient (Wildman–Crippen LogP) is 3.82. The minimum absolute atomic E-state index is 0.125. The molecule has 0 N–H and O–H groups in total. The van der Waals surface area contributed by atoms with Gasteiger partial charge in [0.25, 0.3) is 0 Å². The minimum atomic E-state index is -0.760. The summed E-state index contributed by atoms with van der Waals surface area (Å²) >= 11 is 1.15. The summed E-state index contributed by atoms with van der Waals surface area (Å²) in [7, 11) is 0. The van der Waals surface area contributed by atoms with E-state index < -0.39 is 11.2 Å². The Morgan fingerprint density at radius 2 is 1.89 bits per heavy atom. The molecule has 1 amide bonds. The van der Waals surface area contributed by atoms with E-state index in [4.69, 9.17) is 4.74 Å². The molecule has 2 aromatic carbocycles. The van der Waals surface area contributed by atoms with E-state index >= 15 is 0 Å². The van der Waals surface area contributed by atoms with Gasteiger partial charge < -0.3 is 4.74 Å². The Labute approximate surface area is 166 Å². The topological polar surface area (TPSA) is 70.4 Å². The van der Waals surface area contributed by atoms with Crippen LogP contribution in [0.3, 0.4) is 0 Å². The fourth-order valence-corrected chi connectivity index (χ4v) is 4.12. The number of carbonyl (C=O) groups excluding carboxylic acids is 2. The highest BCUT2D eigenvalue weighted by Crippen LogP contribution is 2.41. The van der Waals surface area contributed by atoms with Gasteiger partial charge in [0.15, 0.2) is 5.57 Å². The molecule has 1 fully saturated rings. The van der Waals surface area contributed by atoms with Crippen LogP contribution < -0.4 is 4.90 Å². The summed E-state index contributed by atoms with van der Waals surface area (Å²) in [4.78, 5) is 26.8. The van der Waals surface area contributed by atoms with Gasteiger partial charge in [-0.15, -0.1) is 0 Å². The first-order valence-electron chi connectivity index (χ1n) is 8.66. The van der Waals surface area contributed by atoms with Gasteiger partial charge in [0.1, 0.15) is 16.9 Å². The van der Waals surface area contributed by atoms with Crippen LogP contribution in [0.25, 0.3) is 0 Å². The lowest BCUT2D eigenvalue weighted by molar-refractivity contribution is -0.138. The number of hydrogen-bond acceptors (Lipinski definition) is 5. The first kappa shape index (κ1) is 19.6. The first-order chi connectivity index (χ1) is 13.5. The number of esters is 1. The monoisotopic (exact) mass is 396 g/mol. The lowest BCUT2D eigenvalue weighted by Crippen LogP contribution is -2.30. The van der Waals surface area contributed by atoms with Crippen molar-refractivity contribution in [1.82, 2.24) is 0 Å². The molecule has 1 heterocycles. The zero-order valence-electron chi connectivity index (χ0n) is 15.1. The Morgan fingerprint density at radius 1 is 1.21 bits per heavy atom. The summed E-state index contributed by atoms with van der Waals surface area (Å²) in [5, 5.41) is 9.25. The molecule has 2 aromatic rings. The Hall–Kier alpha value is -3.11. The van der Waals surface area contributed by atoms with Crippen LogP contribution in [0.5, 0.6) is 0 Å². The number of rotatable bonds is 5. The smallest absolute Gasteiger partial charge is 0.351 e. The SMILES string of the molecule is CCOC(=O)/C(C#N)=C1/SC(Cc2ccc(F)cc2)C(=O)N1c1ccccc1. The summed E-state index contributed by atoms with van der Waals surface area (Å²) in [5.41, 5.74) is 1.15. The Balaban J connectivity index is 2.01. The molecule has 142 valence electrons. The Bertz CT molecular complexity index is 952. The molecular weight excluding hydrogens is 379 g/mol. The molecule has 0 saturated carbocycles. The largest absolute Gasteiger partial charge is 0.462 e. The average Bonchev–Trinajstić information content (AvgIpc) is 3.01. The van der Waals surface area contributed by atoms with Crippen molar-refractivity contribution in [2.75, 3.05) is 11.5 Å². The molecule has 1 aliphatic rings. The second kappa shape index (κ2) is 8.72. The number of ether oxygens (including phenoxy) is 1. The van der Waals surface area contributed by atoms with Crippen LogP contribution in [0.4, 0.5) is 10.1 Å². The number of thioether (sulfide) groups is 1. The van der Waals surface area contributed by atoms with Crippen molar-refractivity contribution in [1.29, 1.82) is 5.26 Å². The van der Waals surface area contributed by atoms with Gasteiger partial charge in [-0.3, -0.25) is 9.69 Å². The average molecular weight is 396 g/mol. The van der Waals surface area contributed by atoms with Gasteiger partial charge in [0.05, 0.1) is 11.9 Å². The van der Waals surface area contributed by atoms with Gasteiger partial charge in [-0.1, -0.05) is 42.1 Å². The number of benzene rings is 2. The molecule has 0 radical (unpaired) electrons. The van der Waals surface area contributed by atoms with E-state index in [-0.39, 0.29) is 28.9 Å². The maximum Gasteiger partial charge on any atom is 0.351 e. The Morgan fingerprint density at radius 3 is 2.50 bits per heavy atom. The number of nitrogens with zero attached hydrogens (tertiary/aromatic N) is 2. The summed E-state index contributed by atoms with van der Waals surface area (Å²) in [6.45, 7) is 1.77.